The maximum atomic E-state index is 12.3. The molecule has 0 radical (unpaired) electrons. The van der Waals surface area contributed by atoms with Crippen LogP contribution in [0.15, 0.2) is 27.8 Å². The van der Waals surface area contributed by atoms with Crippen molar-refractivity contribution in [3.63, 3.8) is 0 Å². The van der Waals surface area contributed by atoms with Gasteiger partial charge in [-0.15, -0.1) is 5.10 Å². The third kappa shape index (κ3) is 3.34. The van der Waals surface area contributed by atoms with Crippen LogP contribution in [0.1, 0.15) is 5.56 Å². The summed E-state index contributed by atoms with van der Waals surface area (Å²) >= 11 is 3.06. The number of aryl methyl sites for hydroxylation is 1. The summed E-state index contributed by atoms with van der Waals surface area (Å²) in [5, 5.41) is 7.24. The van der Waals surface area contributed by atoms with Gasteiger partial charge < -0.3 is 10.5 Å². The summed E-state index contributed by atoms with van der Waals surface area (Å²) in [6.07, 6.45) is 0. The standard InChI is InChI=1S/C11H14BrN5O3S/c1-17-11(10(12)15-16-17)21(18,19)14-6-7-5-8(13)3-4-9(7)20-2/h3-5,14H,6,13H2,1-2H3. The van der Waals surface area contributed by atoms with Crippen molar-refractivity contribution in [3.05, 3.63) is 28.4 Å². The Kier molecular flexibility index (Phi) is 4.49. The number of hydrogen-bond donors (Lipinski definition) is 2. The third-order valence-corrected chi connectivity index (χ3v) is 5.04. The van der Waals surface area contributed by atoms with Gasteiger partial charge in [0.05, 0.1) is 7.11 Å². The van der Waals surface area contributed by atoms with Crippen molar-refractivity contribution in [3.8, 4) is 5.75 Å². The van der Waals surface area contributed by atoms with E-state index in [0.717, 1.165) is 0 Å². The normalized spacial score (nSPS) is 11.6. The van der Waals surface area contributed by atoms with E-state index in [1.165, 1.54) is 18.8 Å². The van der Waals surface area contributed by atoms with Gasteiger partial charge in [0.2, 0.25) is 5.03 Å². The van der Waals surface area contributed by atoms with Gasteiger partial charge in [0, 0.05) is 24.8 Å². The number of sulfonamides is 1. The smallest absolute Gasteiger partial charge is 0.260 e. The second-order valence-corrected chi connectivity index (χ2v) is 6.64. The maximum Gasteiger partial charge on any atom is 0.260 e. The van der Waals surface area contributed by atoms with Crippen LogP contribution in [0.2, 0.25) is 0 Å². The predicted molar refractivity (Wildman–Crippen MR) is 80.1 cm³/mol. The molecule has 2 aromatic rings. The molecule has 21 heavy (non-hydrogen) atoms. The van der Waals surface area contributed by atoms with Crippen LogP contribution in [-0.2, 0) is 23.6 Å². The summed E-state index contributed by atoms with van der Waals surface area (Å²) < 4.78 is 33.5. The molecule has 0 saturated carbocycles. The van der Waals surface area contributed by atoms with Crippen LogP contribution in [0.3, 0.4) is 0 Å². The highest BCUT2D eigenvalue weighted by Crippen LogP contribution is 2.22. The molecule has 1 aromatic heterocycles. The molecule has 1 aromatic carbocycles. The lowest BCUT2D eigenvalue weighted by molar-refractivity contribution is 0.409. The number of benzene rings is 1. The Balaban J connectivity index is 2.26. The molecule has 0 spiro atoms. The zero-order valence-corrected chi connectivity index (χ0v) is 13.8. The number of aromatic nitrogens is 3. The summed E-state index contributed by atoms with van der Waals surface area (Å²) in [7, 11) is -0.771. The minimum absolute atomic E-state index is 0.0359. The number of nitrogens with one attached hydrogen (secondary N) is 1. The molecule has 0 aliphatic rings. The number of methoxy groups -OCH3 is 1. The van der Waals surface area contributed by atoms with E-state index in [1.807, 2.05) is 0 Å². The monoisotopic (exact) mass is 375 g/mol. The molecular weight excluding hydrogens is 362 g/mol. The summed E-state index contributed by atoms with van der Waals surface area (Å²) in [6.45, 7) is 0.0359. The molecule has 0 fully saturated rings. The number of nitrogens with zero attached hydrogens (tertiary/aromatic N) is 3. The molecule has 0 saturated heterocycles. The highest BCUT2D eigenvalue weighted by molar-refractivity contribution is 9.10. The van der Waals surface area contributed by atoms with Crippen molar-refractivity contribution in [2.24, 2.45) is 7.05 Å². The second kappa shape index (κ2) is 6.00. The molecule has 0 aliphatic carbocycles. The van der Waals surface area contributed by atoms with Crippen molar-refractivity contribution in [2.45, 2.75) is 11.6 Å². The highest BCUT2D eigenvalue weighted by Gasteiger charge is 2.23. The molecule has 0 bridgehead atoms. The number of nitrogens with two attached hydrogens (primary N) is 1. The van der Waals surface area contributed by atoms with E-state index in [4.69, 9.17) is 10.5 Å². The average molecular weight is 376 g/mol. The van der Waals surface area contributed by atoms with Crippen molar-refractivity contribution >= 4 is 31.6 Å². The van der Waals surface area contributed by atoms with E-state index in [-0.39, 0.29) is 16.2 Å². The SMILES string of the molecule is COc1ccc(N)cc1CNS(=O)(=O)c1c(Br)nnn1C. The van der Waals surface area contributed by atoms with Gasteiger partial charge in [0.25, 0.3) is 10.0 Å². The van der Waals surface area contributed by atoms with Gasteiger partial charge in [0.1, 0.15) is 5.75 Å². The largest absolute Gasteiger partial charge is 0.496 e. The van der Waals surface area contributed by atoms with Crippen LogP contribution >= 0.6 is 15.9 Å². The lowest BCUT2D eigenvalue weighted by Gasteiger charge is -2.11. The fourth-order valence-electron chi connectivity index (χ4n) is 1.79. The average Bonchev–Trinajstić information content (AvgIpc) is 2.77. The first-order valence-corrected chi connectivity index (χ1v) is 8.10. The van der Waals surface area contributed by atoms with E-state index in [0.29, 0.717) is 17.0 Å². The zero-order chi connectivity index (χ0) is 15.6. The van der Waals surface area contributed by atoms with Gasteiger partial charge in [-0.05, 0) is 34.1 Å². The fraction of sp³-hybridized carbons (Fsp3) is 0.273. The molecule has 2 rings (SSSR count). The van der Waals surface area contributed by atoms with Crippen LogP contribution in [0, 0.1) is 0 Å². The Hall–Kier alpha value is -1.65. The van der Waals surface area contributed by atoms with E-state index in [9.17, 15) is 8.42 Å². The molecule has 10 heteroatoms. The summed E-state index contributed by atoms with van der Waals surface area (Å²) in [5.74, 6) is 0.550. The van der Waals surface area contributed by atoms with E-state index < -0.39 is 10.0 Å². The van der Waals surface area contributed by atoms with Crippen LogP contribution in [0.4, 0.5) is 5.69 Å². The molecular formula is C11H14BrN5O3S. The number of ether oxygens (including phenoxy) is 1. The minimum atomic E-state index is -3.77. The lowest BCUT2D eigenvalue weighted by atomic mass is 10.2. The highest BCUT2D eigenvalue weighted by atomic mass is 79.9. The molecule has 0 atom stereocenters. The summed E-state index contributed by atoms with van der Waals surface area (Å²) in [4.78, 5) is 0. The van der Waals surface area contributed by atoms with E-state index in [2.05, 4.69) is 31.0 Å². The first-order chi connectivity index (χ1) is 9.85. The van der Waals surface area contributed by atoms with Crippen molar-refractivity contribution in [2.75, 3.05) is 12.8 Å². The first kappa shape index (κ1) is 15.7. The van der Waals surface area contributed by atoms with Crippen LogP contribution in [-0.4, -0.2) is 30.5 Å². The Morgan fingerprint density at radius 2 is 2.19 bits per heavy atom. The van der Waals surface area contributed by atoms with Gasteiger partial charge in [-0.3, -0.25) is 0 Å². The van der Waals surface area contributed by atoms with Crippen molar-refractivity contribution in [1.29, 1.82) is 0 Å². The number of anilines is 1. The van der Waals surface area contributed by atoms with Gasteiger partial charge in [-0.25, -0.2) is 17.8 Å². The number of halogens is 1. The first-order valence-electron chi connectivity index (χ1n) is 5.82. The second-order valence-electron chi connectivity index (χ2n) is 4.20. The van der Waals surface area contributed by atoms with Crippen molar-refractivity contribution < 1.29 is 13.2 Å². The zero-order valence-electron chi connectivity index (χ0n) is 11.4. The Morgan fingerprint density at radius 3 is 2.76 bits per heavy atom. The molecule has 0 amide bonds. The molecule has 3 N–H and O–H groups in total. The van der Waals surface area contributed by atoms with E-state index in [1.54, 1.807) is 18.2 Å². The van der Waals surface area contributed by atoms with Crippen LogP contribution < -0.4 is 15.2 Å². The van der Waals surface area contributed by atoms with E-state index >= 15 is 0 Å². The third-order valence-electron chi connectivity index (χ3n) is 2.75. The van der Waals surface area contributed by atoms with Crippen LogP contribution in [0.5, 0.6) is 5.75 Å². The number of hydrogen-bond acceptors (Lipinski definition) is 6. The summed E-state index contributed by atoms with van der Waals surface area (Å²) in [6, 6.07) is 5.01. The Bertz CT molecular complexity index is 740. The molecule has 0 aliphatic heterocycles. The van der Waals surface area contributed by atoms with Gasteiger partial charge in [-0.2, -0.15) is 0 Å². The minimum Gasteiger partial charge on any atom is -0.496 e. The molecule has 0 unspecified atom stereocenters. The summed E-state index contributed by atoms with van der Waals surface area (Å²) in [5.41, 5.74) is 6.85. The van der Waals surface area contributed by atoms with Gasteiger partial charge >= 0.3 is 0 Å². The lowest BCUT2D eigenvalue weighted by Crippen LogP contribution is -2.26. The maximum absolute atomic E-state index is 12.3. The van der Waals surface area contributed by atoms with Gasteiger partial charge in [-0.1, -0.05) is 5.21 Å². The van der Waals surface area contributed by atoms with Crippen molar-refractivity contribution in [1.82, 2.24) is 19.7 Å². The Morgan fingerprint density at radius 1 is 1.48 bits per heavy atom. The predicted octanol–water partition coefficient (Wildman–Crippen LogP) is 0.647. The Labute approximate surface area is 130 Å². The van der Waals surface area contributed by atoms with Gasteiger partial charge in [0.15, 0.2) is 4.60 Å². The number of rotatable bonds is 5. The fourth-order valence-corrected chi connectivity index (χ4v) is 3.88. The molecule has 1 heterocycles. The molecule has 114 valence electrons. The molecule has 8 nitrogen and oxygen atoms in total. The topological polar surface area (TPSA) is 112 Å². The quantitative estimate of drug-likeness (QED) is 0.741. The number of nitrogen functional groups attached to an aromatic ring is 1. The van der Waals surface area contributed by atoms with Crippen LogP contribution in [0.25, 0.3) is 0 Å².